The molecule has 3 unspecified atom stereocenters. The molecule has 0 bridgehead atoms. The van der Waals surface area contributed by atoms with Crippen molar-refractivity contribution >= 4 is 23.2 Å². The quantitative estimate of drug-likeness (QED) is 0.594. The normalized spacial score (nSPS) is 27.8. The van der Waals surface area contributed by atoms with E-state index < -0.39 is 0 Å². The van der Waals surface area contributed by atoms with Gasteiger partial charge in [-0.25, -0.2) is 0 Å². The lowest BCUT2D eigenvalue weighted by molar-refractivity contribution is 0.184. The van der Waals surface area contributed by atoms with Crippen molar-refractivity contribution < 1.29 is 0 Å². The summed E-state index contributed by atoms with van der Waals surface area (Å²) < 4.78 is 0. The van der Waals surface area contributed by atoms with Gasteiger partial charge in [0.05, 0.1) is 10.0 Å². The third-order valence-electron chi connectivity index (χ3n) is 5.82. The molecule has 3 heteroatoms. The topological polar surface area (TPSA) is 3.24 Å². The molecule has 1 fully saturated rings. The van der Waals surface area contributed by atoms with Crippen molar-refractivity contribution in [2.24, 2.45) is 5.92 Å². The van der Waals surface area contributed by atoms with Crippen LogP contribution >= 0.6 is 23.2 Å². The fraction of sp³-hybridized carbons (Fsp3) is 0.524. The molecule has 0 amide bonds. The molecule has 24 heavy (non-hydrogen) atoms. The van der Waals surface area contributed by atoms with Gasteiger partial charge in [-0.05, 0) is 77.1 Å². The van der Waals surface area contributed by atoms with Crippen molar-refractivity contribution in [3.63, 3.8) is 0 Å². The highest BCUT2D eigenvalue weighted by Gasteiger charge is 2.36. The van der Waals surface area contributed by atoms with Crippen molar-refractivity contribution in [1.82, 2.24) is 4.90 Å². The van der Waals surface area contributed by atoms with E-state index in [1.165, 1.54) is 29.6 Å². The molecule has 3 atom stereocenters. The molecule has 0 saturated heterocycles. The van der Waals surface area contributed by atoms with Crippen molar-refractivity contribution in [3.8, 4) is 0 Å². The number of allylic oxidation sites excluding steroid dienone is 4. The van der Waals surface area contributed by atoms with E-state index in [-0.39, 0.29) is 0 Å². The SMILES string of the molecule is CC1=CC(C)=C(C2CCC(N(C)C)CC2c2cccc(Cl)c2Cl)C1. The molecule has 1 aromatic rings. The monoisotopic (exact) mass is 363 g/mol. The van der Waals surface area contributed by atoms with Gasteiger partial charge in [-0.2, -0.15) is 0 Å². The Morgan fingerprint density at radius 2 is 1.79 bits per heavy atom. The molecule has 0 heterocycles. The molecular formula is C21H27Cl2N. The van der Waals surface area contributed by atoms with Crippen LogP contribution in [0.15, 0.2) is 41.0 Å². The summed E-state index contributed by atoms with van der Waals surface area (Å²) >= 11 is 12.9. The lowest BCUT2D eigenvalue weighted by Crippen LogP contribution is -2.36. The number of rotatable bonds is 3. The van der Waals surface area contributed by atoms with Crippen LogP contribution in [0.1, 0.15) is 51.0 Å². The zero-order valence-corrected chi connectivity index (χ0v) is 16.6. The Bertz CT molecular complexity index is 687. The minimum absolute atomic E-state index is 0.446. The van der Waals surface area contributed by atoms with Gasteiger partial charge in [0.15, 0.2) is 0 Å². The molecule has 0 N–H and O–H groups in total. The summed E-state index contributed by atoms with van der Waals surface area (Å²) in [5, 5.41) is 1.42. The molecule has 1 nitrogen and oxygen atoms in total. The maximum atomic E-state index is 6.62. The van der Waals surface area contributed by atoms with Crippen LogP contribution in [-0.4, -0.2) is 25.0 Å². The van der Waals surface area contributed by atoms with Gasteiger partial charge in [0, 0.05) is 6.04 Å². The van der Waals surface area contributed by atoms with Crippen LogP contribution in [0.4, 0.5) is 0 Å². The molecule has 0 aromatic heterocycles. The summed E-state index contributed by atoms with van der Waals surface area (Å²) in [5.41, 5.74) is 5.79. The molecule has 1 saturated carbocycles. The predicted molar refractivity (Wildman–Crippen MR) is 105 cm³/mol. The fourth-order valence-electron chi connectivity index (χ4n) is 4.56. The second-order valence-electron chi connectivity index (χ2n) is 7.66. The van der Waals surface area contributed by atoms with Gasteiger partial charge in [-0.3, -0.25) is 0 Å². The van der Waals surface area contributed by atoms with Crippen molar-refractivity contribution in [1.29, 1.82) is 0 Å². The highest BCUT2D eigenvalue weighted by atomic mass is 35.5. The molecule has 0 aliphatic heterocycles. The fourth-order valence-corrected chi connectivity index (χ4v) is 5.01. The van der Waals surface area contributed by atoms with E-state index in [0.717, 1.165) is 17.9 Å². The van der Waals surface area contributed by atoms with Crippen molar-refractivity contribution in [2.45, 2.75) is 51.5 Å². The van der Waals surface area contributed by atoms with Crippen LogP contribution in [0.5, 0.6) is 0 Å². The minimum atomic E-state index is 0.446. The molecule has 3 rings (SSSR count). The Hall–Kier alpha value is -0.760. The molecule has 1 aromatic carbocycles. The number of hydrogen-bond donors (Lipinski definition) is 0. The summed E-state index contributed by atoms with van der Waals surface area (Å²) in [4.78, 5) is 2.36. The maximum Gasteiger partial charge on any atom is 0.0627 e. The first-order chi connectivity index (χ1) is 11.4. The maximum absolute atomic E-state index is 6.62. The Morgan fingerprint density at radius 1 is 1.04 bits per heavy atom. The smallest absolute Gasteiger partial charge is 0.0627 e. The van der Waals surface area contributed by atoms with E-state index in [9.17, 15) is 0 Å². The summed E-state index contributed by atoms with van der Waals surface area (Å²) in [5.74, 6) is 1.02. The highest BCUT2D eigenvalue weighted by molar-refractivity contribution is 6.42. The first kappa shape index (κ1) is 18.0. The van der Waals surface area contributed by atoms with Crippen LogP contribution in [0.25, 0.3) is 0 Å². The molecule has 0 spiro atoms. The molecule has 0 radical (unpaired) electrons. The van der Waals surface area contributed by atoms with Gasteiger partial charge in [-0.1, -0.05) is 58.1 Å². The number of hydrogen-bond acceptors (Lipinski definition) is 1. The summed E-state index contributed by atoms with van der Waals surface area (Å²) in [7, 11) is 4.38. The van der Waals surface area contributed by atoms with Gasteiger partial charge < -0.3 is 4.90 Å². The zero-order chi connectivity index (χ0) is 17.4. The van der Waals surface area contributed by atoms with E-state index in [0.29, 0.717) is 22.9 Å². The Kier molecular flexibility index (Phi) is 5.44. The Balaban J connectivity index is 1.98. The average molecular weight is 364 g/mol. The van der Waals surface area contributed by atoms with E-state index in [1.54, 1.807) is 5.57 Å². The van der Waals surface area contributed by atoms with E-state index in [1.807, 2.05) is 12.1 Å². The first-order valence-electron chi connectivity index (χ1n) is 8.85. The summed E-state index contributed by atoms with van der Waals surface area (Å²) in [6.45, 7) is 4.50. The largest absolute Gasteiger partial charge is 0.306 e. The van der Waals surface area contributed by atoms with Gasteiger partial charge in [-0.15, -0.1) is 0 Å². The molecule has 2 aliphatic rings. The second kappa shape index (κ2) is 7.23. The van der Waals surface area contributed by atoms with Crippen LogP contribution in [-0.2, 0) is 0 Å². The summed E-state index contributed by atoms with van der Waals surface area (Å²) in [6, 6.07) is 6.71. The lowest BCUT2D eigenvalue weighted by Gasteiger charge is -2.40. The van der Waals surface area contributed by atoms with Gasteiger partial charge >= 0.3 is 0 Å². The Morgan fingerprint density at radius 3 is 2.42 bits per heavy atom. The van der Waals surface area contributed by atoms with Gasteiger partial charge in [0.1, 0.15) is 0 Å². The average Bonchev–Trinajstić information content (AvgIpc) is 2.88. The van der Waals surface area contributed by atoms with Crippen molar-refractivity contribution in [2.75, 3.05) is 14.1 Å². The second-order valence-corrected chi connectivity index (χ2v) is 8.45. The Labute approximate surface area is 156 Å². The highest BCUT2D eigenvalue weighted by Crippen LogP contribution is 2.49. The van der Waals surface area contributed by atoms with E-state index in [2.05, 4.69) is 45.0 Å². The number of benzene rings is 1. The summed E-state index contributed by atoms with van der Waals surface area (Å²) in [6.07, 6.45) is 7.10. The van der Waals surface area contributed by atoms with Crippen LogP contribution in [0.2, 0.25) is 10.0 Å². The van der Waals surface area contributed by atoms with Gasteiger partial charge in [0.2, 0.25) is 0 Å². The first-order valence-corrected chi connectivity index (χ1v) is 9.61. The predicted octanol–water partition coefficient (Wildman–Crippen LogP) is 6.47. The van der Waals surface area contributed by atoms with E-state index in [4.69, 9.17) is 23.2 Å². The number of halogens is 2. The molecule has 2 aliphatic carbocycles. The lowest BCUT2D eigenvalue weighted by atomic mass is 9.69. The third kappa shape index (κ3) is 3.45. The third-order valence-corrected chi connectivity index (χ3v) is 6.65. The zero-order valence-electron chi connectivity index (χ0n) is 15.1. The van der Waals surface area contributed by atoms with Crippen molar-refractivity contribution in [3.05, 3.63) is 56.6 Å². The van der Waals surface area contributed by atoms with Gasteiger partial charge in [0.25, 0.3) is 0 Å². The van der Waals surface area contributed by atoms with Crippen LogP contribution in [0.3, 0.4) is 0 Å². The molecular weight excluding hydrogens is 337 g/mol. The van der Waals surface area contributed by atoms with Crippen LogP contribution < -0.4 is 0 Å². The number of nitrogens with zero attached hydrogens (tertiary/aromatic N) is 1. The van der Waals surface area contributed by atoms with E-state index >= 15 is 0 Å². The minimum Gasteiger partial charge on any atom is -0.306 e. The standard InChI is InChI=1S/C21H27Cl2N/c1-13-10-14(2)18(11-13)16-9-8-15(24(3)4)12-19(16)17-6-5-7-20(22)21(17)23/h5-7,10,15-16,19H,8-9,11-12H2,1-4H3. The van der Waals surface area contributed by atoms with Crippen LogP contribution in [0, 0.1) is 5.92 Å². The molecule has 130 valence electrons.